The lowest BCUT2D eigenvalue weighted by atomic mass is 10.0. The molecule has 0 N–H and O–H groups in total. The summed E-state index contributed by atoms with van der Waals surface area (Å²) in [6, 6.07) is 0. The Balaban J connectivity index is 3.27. The van der Waals surface area contributed by atoms with Gasteiger partial charge in [-0.2, -0.15) is 0 Å². The van der Waals surface area contributed by atoms with E-state index in [2.05, 4.69) is 27.9 Å². The van der Waals surface area contributed by atoms with Gasteiger partial charge in [-0.05, 0) is 25.7 Å². The Hall–Kier alpha value is -0.0400. The fourth-order valence-electron chi connectivity index (χ4n) is 5.76. The topological polar surface area (TPSA) is 0 Å². The van der Waals surface area contributed by atoms with Gasteiger partial charge in [-0.15, -0.1) is 0 Å². The van der Waals surface area contributed by atoms with E-state index >= 15 is 0 Å². The van der Waals surface area contributed by atoms with Crippen molar-refractivity contribution in [3.8, 4) is 0 Å². The van der Waals surface area contributed by atoms with Crippen LogP contribution in [0.4, 0.5) is 0 Å². The molecule has 0 heterocycles. The van der Waals surface area contributed by atoms with E-state index in [0.717, 1.165) is 0 Å². The van der Waals surface area contributed by atoms with E-state index in [1.165, 1.54) is 204 Å². The van der Waals surface area contributed by atoms with E-state index in [0.29, 0.717) is 0 Å². The van der Waals surface area contributed by atoms with Crippen LogP contribution in [-0.2, 0) is 0 Å². The Labute approximate surface area is 231 Å². The van der Waals surface area contributed by atoms with E-state index in [-0.39, 0.29) is 0 Å². The first-order valence-corrected chi connectivity index (χ1v) is 17.4. The van der Waals surface area contributed by atoms with Crippen LogP contribution >= 0.6 is 0 Å². The first kappa shape index (κ1) is 36.0. The highest BCUT2D eigenvalue weighted by Crippen LogP contribution is 2.16. The van der Waals surface area contributed by atoms with Crippen molar-refractivity contribution in [1.82, 2.24) is 0 Å². The Morgan fingerprint density at radius 1 is 0.250 bits per heavy atom. The molecule has 0 saturated heterocycles. The highest BCUT2D eigenvalue weighted by atomic mass is 15.3. The summed E-state index contributed by atoms with van der Waals surface area (Å²) in [5.74, 6) is 0. The highest BCUT2D eigenvalue weighted by molar-refractivity contribution is 4.51. The molecule has 0 radical (unpaired) electrons. The van der Waals surface area contributed by atoms with Crippen LogP contribution in [0, 0.1) is 0 Å². The molecular weight excluding hydrogens is 434 g/mol. The SMILES string of the molecule is CCCCCCCCCCCCCCCCC[N+](C)(C)CCCCCCCCCCCCCCCC. The van der Waals surface area contributed by atoms with E-state index in [1.54, 1.807) is 0 Å². The zero-order chi connectivity index (χ0) is 26.4. The average Bonchev–Trinajstić information content (AvgIpc) is 2.86. The van der Waals surface area contributed by atoms with Gasteiger partial charge in [-0.25, -0.2) is 0 Å². The van der Waals surface area contributed by atoms with Gasteiger partial charge in [-0.1, -0.05) is 174 Å². The Morgan fingerprint density at radius 2 is 0.417 bits per heavy atom. The molecule has 218 valence electrons. The lowest BCUT2D eigenvalue weighted by Crippen LogP contribution is -2.41. The molecule has 0 aromatic heterocycles. The monoisotopic (exact) mass is 509 g/mol. The zero-order valence-corrected chi connectivity index (χ0v) is 26.4. The number of nitrogens with zero attached hydrogens (tertiary/aromatic N) is 1. The van der Waals surface area contributed by atoms with Crippen molar-refractivity contribution >= 4 is 0 Å². The molecule has 0 aliphatic heterocycles. The average molecular weight is 509 g/mol. The van der Waals surface area contributed by atoms with Crippen molar-refractivity contribution in [2.24, 2.45) is 0 Å². The third-order valence-electron chi connectivity index (χ3n) is 8.48. The van der Waals surface area contributed by atoms with Crippen molar-refractivity contribution in [1.29, 1.82) is 0 Å². The molecule has 36 heavy (non-hydrogen) atoms. The van der Waals surface area contributed by atoms with Crippen LogP contribution in [0.2, 0.25) is 0 Å². The van der Waals surface area contributed by atoms with Crippen LogP contribution in [0.25, 0.3) is 0 Å². The van der Waals surface area contributed by atoms with Crippen LogP contribution < -0.4 is 0 Å². The fourth-order valence-corrected chi connectivity index (χ4v) is 5.76. The van der Waals surface area contributed by atoms with Gasteiger partial charge in [0.05, 0.1) is 27.2 Å². The van der Waals surface area contributed by atoms with Crippen molar-refractivity contribution in [2.75, 3.05) is 27.2 Å². The second-order valence-corrected chi connectivity index (χ2v) is 12.9. The normalized spacial score (nSPS) is 12.0. The maximum absolute atomic E-state index is 2.46. The number of unbranched alkanes of at least 4 members (excludes halogenated alkanes) is 27. The van der Waals surface area contributed by atoms with Gasteiger partial charge in [0.1, 0.15) is 0 Å². The summed E-state index contributed by atoms with van der Waals surface area (Å²) in [6.07, 6.45) is 42.4. The van der Waals surface area contributed by atoms with Crippen molar-refractivity contribution in [3.63, 3.8) is 0 Å². The highest BCUT2D eigenvalue weighted by Gasteiger charge is 2.13. The second kappa shape index (κ2) is 29.5. The molecule has 0 aromatic carbocycles. The standard InChI is InChI=1S/C35H74N/c1-5-7-9-11-13-15-17-19-21-23-25-27-29-31-33-35-36(3,4)34-32-30-28-26-24-22-20-18-16-14-12-10-8-6-2/h5-35H2,1-4H3/q+1. The molecule has 0 fully saturated rings. The summed E-state index contributed by atoms with van der Waals surface area (Å²) in [6.45, 7) is 7.39. The first-order chi connectivity index (χ1) is 17.6. The van der Waals surface area contributed by atoms with Gasteiger partial charge in [0.2, 0.25) is 0 Å². The van der Waals surface area contributed by atoms with Gasteiger partial charge in [0, 0.05) is 0 Å². The molecule has 0 aromatic rings. The van der Waals surface area contributed by atoms with Gasteiger partial charge >= 0.3 is 0 Å². The van der Waals surface area contributed by atoms with Crippen LogP contribution in [0.3, 0.4) is 0 Å². The molecule has 0 bridgehead atoms. The van der Waals surface area contributed by atoms with E-state index in [9.17, 15) is 0 Å². The molecule has 0 aliphatic carbocycles. The minimum Gasteiger partial charge on any atom is -0.328 e. The number of quaternary nitrogens is 1. The fraction of sp³-hybridized carbons (Fsp3) is 1.00. The summed E-state index contributed by atoms with van der Waals surface area (Å²) in [7, 11) is 4.93. The Kier molecular flexibility index (Phi) is 29.5. The molecule has 0 atom stereocenters. The predicted octanol–water partition coefficient (Wildman–Crippen LogP) is 12.4. The second-order valence-electron chi connectivity index (χ2n) is 12.9. The number of rotatable bonds is 31. The van der Waals surface area contributed by atoms with Crippen LogP contribution in [-0.4, -0.2) is 31.7 Å². The predicted molar refractivity (Wildman–Crippen MR) is 167 cm³/mol. The van der Waals surface area contributed by atoms with Gasteiger partial charge in [0.15, 0.2) is 0 Å². The summed E-state index contributed by atoms with van der Waals surface area (Å²) < 4.78 is 1.25. The molecule has 0 unspecified atom stereocenters. The van der Waals surface area contributed by atoms with Crippen molar-refractivity contribution in [3.05, 3.63) is 0 Å². The molecule has 1 heteroatoms. The smallest absolute Gasteiger partial charge is 0.0782 e. The Bertz CT molecular complexity index is 388. The van der Waals surface area contributed by atoms with Crippen molar-refractivity contribution in [2.45, 2.75) is 200 Å². The largest absolute Gasteiger partial charge is 0.328 e. The summed E-state index contributed by atoms with van der Waals surface area (Å²) >= 11 is 0. The number of hydrogen-bond acceptors (Lipinski definition) is 0. The van der Waals surface area contributed by atoms with Gasteiger partial charge in [0.25, 0.3) is 0 Å². The summed E-state index contributed by atoms with van der Waals surface area (Å²) in [5, 5.41) is 0. The lowest BCUT2D eigenvalue weighted by molar-refractivity contribution is -0.890. The lowest BCUT2D eigenvalue weighted by Gasteiger charge is -2.30. The minimum absolute atomic E-state index is 1.25. The van der Waals surface area contributed by atoms with E-state index in [1.807, 2.05) is 0 Å². The van der Waals surface area contributed by atoms with E-state index in [4.69, 9.17) is 0 Å². The zero-order valence-electron chi connectivity index (χ0n) is 26.4. The van der Waals surface area contributed by atoms with Crippen LogP contribution in [0.1, 0.15) is 200 Å². The molecule has 1 nitrogen and oxygen atoms in total. The minimum atomic E-state index is 1.25. The third kappa shape index (κ3) is 30.2. The molecule has 0 rings (SSSR count). The van der Waals surface area contributed by atoms with Gasteiger partial charge < -0.3 is 4.48 Å². The summed E-state index contributed by atoms with van der Waals surface area (Å²) in [4.78, 5) is 0. The Morgan fingerprint density at radius 3 is 0.611 bits per heavy atom. The van der Waals surface area contributed by atoms with Crippen LogP contribution in [0.5, 0.6) is 0 Å². The summed E-state index contributed by atoms with van der Waals surface area (Å²) in [5.41, 5.74) is 0. The maximum atomic E-state index is 2.46. The number of hydrogen-bond donors (Lipinski definition) is 0. The quantitative estimate of drug-likeness (QED) is 0.0645. The molecule has 0 amide bonds. The van der Waals surface area contributed by atoms with E-state index < -0.39 is 0 Å². The molecular formula is C35H74N+. The van der Waals surface area contributed by atoms with Gasteiger partial charge in [-0.3, -0.25) is 0 Å². The molecule has 0 saturated carbocycles. The first-order valence-electron chi connectivity index (χ1n) is 17.4. The third-order valence-corrected chi connectivity index (χ3v) is 8.48. The van der Waals surface area contributed by atoms with Crippen LogP contribution in [0.15, 0.2) is 0 Å². The maximum Gasteiger partial charge on any atom is 0.0782 e. The van der Waals surface area contributed by atoms with Crippen molar-refractivity contribution < 1.29 is 4.48 Å². The molecule has 0 aliphatic rings. The molecule has 0 spiro atoms.